The van der Waals surface area contributed by atoms with Gasteiger partial charge < -0.3 is 5.11 Å². The predicted octanol–water partition coefficient (Wildman–Crippen LogP) is 2.35. The molecule has 0 saturated carbocycles. The van der Waals surface area contributed by atoms with Crippen LogP contribution in [0.25, 0.3) is 5.76 Å². The van der Waals surface area contributed by atoms with Crippen molar-refractivity contribution in [1.82, 2.24) is 0 Å². The van der Waals surface area contributed by atoms with Crippen LogP contribution in [0.3, 0.4) is 0 Å². The summed E-state index contributed by atoms with van der Waals surface area (Å²) < 4.78 is 22.4. The maximum atomic E-state index is 10.9. The first-order valence-corrected chi connectivity index (χ1v) is 6.50. The van der Waals surface area contributed by atoms with E-state index in [2.05, 4.69) is 15.9 Å². The molecule has 0 fully saturated rings. The Kier molecular flexibility index (Phi) is 3.34. The zero-order valence-corrected chi connectivity index (χ0v) is 9.84. The van der Waals surface area contributed by atoms with Crippen LogP contribution in [0.5, 0.6) is 0 Å². The van der Waals surface area contributed by atoms with E-state index >= 15 is 0 Å². The van der Waals surface area contributed by atoms with E-state index in [9.17, 15) is 13.5 Å². The Morgan fingerprint density at radius 3 is 2.50 bits per heavy atom. The molecule has 0 aliphatic carbocycles. The Morgan fingerprint density at radius 2 is 2.00 bits per heavy atom. The van der Waals surface area contributed by atoms with Crippen molar-refractivity contribution in [3.63, 3.8) is 0 Å². The van der Waals surface area contributed by atoms with Crippen molar-refractivity contribution in [2.24, 2.45) is 0 Å². The van der Waals surface area contributed by atoms with Gasteiger partial charge in [-0.05, 0) is 6.07 Å². The molecule has 0 atom stereocenters. The van der Waals surface area contributed by atoms with Crippen LogP contribution in [0.2, 0.25) is 0 Å². The van der Waals surface area contributed by atoms with E-state index in [-0.39, 0.29) is 5.76 Å². The number of aliphatic hydroxyl groups excluding tert-OH is 1. The number of hydrogen-bond donors (Lipinski definition) is 1. The molecule has 0 aromatic heterocycles. The van der Waals surface area contributed by atoms with Gasteiger partial charge >= 0.3 is 0 Å². The largest absolute Gasteiger partial charge is 0.507 e. The minimum absolute atomic E-state index is 0.264. The molecule has 0 amide bonds. The van der Waals surface area contributed by atoms with Crippen LogP contribution in [0, 0.1) is 0 Å². The number of halogens is 1. The second-order valence-electron chi connectivity index (χ2n) is 2.81. The third-order valence-corrected chi connectivity index (χ3v) is 2.82. The molecular formula is C9H9BrO3S. The summed E-state index contributed by atoms with van der Waals surface area (Å²) >= 11 is 3.21. The molecule has 14 heavy (non-hydrogen) atoms. The van der Waals surface area contributed by atoms with Crippen molar-refractivity contribution >= 4 is 31.5 Å². The van der Waals surface area contributed by atoms with Gasteiger partial charge in [-0.15, -0.1) is 0 Å². The topological polar surface area (TPSA) is 54.4 Å². The van der Waals surface area contributed by atoms with Gasteiger partial charge in [0.2, 0.25) is 0 Å². The van der Waals surface area contributed by atoms with Crippen LogP contribution in [0.4, 0.5) is 0 Å². The van der Waals surface area contributed by atoms with Crippen molar-refractivity contribution in [2.45, 2.75) is 0 Å². The zero-order valence-electron chi connectivity index (χ0n) is 7.44. The van der Waals surface area contributed by atoms with Crippen molar-refractivity contribution in [1.29, 1.82) is 0 Å². The lowest BCUT2D eigenvalue weighted by Crippen LogP contribution is -1.93. The Balaban J connectivity index is 3.20. The van der Waals surface area contributed by atoms with Gasteiger partial charge in [-0.3, -0.25) is 0 Å². The van der Waals surface area contributed by atoms with Crippen molar-refractivity contribution in [3.8, 4) is 0 Å². The molecule has 0 spiro atoms. The minimum Gasteiger partial charge on any atom is -0.507 e. The fourth-order valence-electron chi connectivity index (χ4n) is 0.935. The number of rotatable bonds is 2. The molecule has 0 heterocycles. The Morgan fingerprint density at radius 1 is 1.43 bits per heavy atom. The Labute approximate surface area is 91.1 Å². The van der Waals surface area contributed by atoms with Crippen LogP contribution >= 0.6 is 15.9 Å². The molecule has 1 aromatic carbocycles. The molecule has 0 aliphatic heterocycles. The van der Waals surface area contributed by atoms with Gasteiger partial charge in [0.25, 0.3) is 0 Å². The van der Waals surface area contributed by atoms with Crippen LogP contribution in [0.1, 0.15) is 5.56 Å². The molecule has 0 saturated heterocycles. The molecule has 0 aliphatic rings. The quantitative estimate of drug-likeness (QED) is 0.844. The summed E-state index contributed by atoms with van der Waals surface area (Å²) in [6.07, 6.45) is 1.03. The summed E-state index contributed by atoms with van der Waals surface area (Å²) in [4.78, 5) is 0. The standard InChI is InChI=1S/C9H9BrO3S/c1-14(12,13)6-9(11)7-4-2-3-5-8(7)10/h2-6,11H,1H3/b9-6-. The fourth-order valence-corrected chi connectivity index (χ4v) is 1.96. The average Bonchev–Trinajstić information content (AvgIpc) is 2.01. The highest BCUT2D eigenvalue weighted by atomic mass is 79.9. The van der Waals surface area contributed by atoms with E-state index in [1.165, 1.54) is 0 Å². The van der Waals surface area contributed by atoms with Crippen molar-refractivity contribution in [3.05, 3.63) is 39.7 Å². The highest BCUT2D eigenvalue weighted by Crippen LogP contribution is 2.22. The molecule has 0 unspecified atom stereocenters. The Bertz CT molecular complexity index is 463. The maximum absolute atomic E-state index is 10.9. The average molecular weight is 277 g/mol. The predicted molar refractivity (Wildman–Crippen MR) is 59.6 cm³/mol. The van der Waals surface area contributed by atoms with E-state index in [1.54, 1.807) is 24.3 Å². The van der Waals surface area contributed by atoms with E-state index in [1.807, 2.05) is 0 Å². The monoisotopic (exact) mass is 276 g/mol. The Hall–Kier alpha value is -0.810. The lowest BCUT2D eigenvalue weighted by molar-refractivity contribution is 0.511. The summed E-state index contributed by atoms with van der Waals surface area (Å²) in [6, 6.07) is 6.84. The zero-order chi connectivity index (χ0) is 10.8. The van der Waals surface area contributed by atoms with E-state index in [0.29, 0.717) is 10.0 Å². The van der Waals surface area contributed by atoms with Crippen LogP contribution in [0.15, 0.2) is 34.1 Å². The van der Waals surface area contributed by atoms with E-state index in [4.69, 9.17) is 0 Å². The molecule has 0 radical (unpaired) electrons. The van der Waals surface area contributed by atoms with Gasteiger partial charge in [-0.2, -0.15) is 0 Å². The van der Waals surface area contributed by atoms with Gasteiger partial charge in [-0.25, -0.2) is 8.42 Å². The number of aliphatic hydroxyl groups is 1. The highest BCUT2D eigenvalue weighted by Gasteiger charge is 2.06. The van der Waals surface area contributed by atoms with Gasteiger partial charge in [-0.1, -0.05) is 34.1 Å². The number of benzene rings is 1. The van der Waals surface area contributed by atoms with Crippen LogP contribution in [-0.4, -0.2) is 19.8 Å². The number of sulfone groups is 1. The second kappa shape index (κ2) is 4.14. The smallest absolute Gasteiger partial charge is 0.172 e. The highest BCUT2D eigenvalue weighted by molar-refractivity contribution is 9.10. The third-order valence-electron chi connectivity index (χ3n) is 1.48. The van der Waals surface area contributed by atoms with Gasteiger partial charge in [0.1, 0.15) is 5.76 Å². The lowest BCUT2D eigenvalue weighted by atomic mass is 10.2. The first kappa shape index (κ1) is 11.3. The molecule has 5 heteroatoms. The van der Waals surface area contributed by atoms with E-state index < -0.39 is 9.84 Å². The van der Waals surface area contributed by atoms with Crippen LogP contribution < -0.4 is 0 Å². The van der Waals surface area contributed by atoms with E-state index in [0.717, 1.165) is 11.7 Å². The fraction of sp³-hybridized carbons (Fsp3) is 0.111. The normalized spacial score (nSPS) is 12.9. The molecule has 1 N–H and O–H groups in total. The molecule has 1 rings (SSSR count). The van der Waals surface area contributed by atoms with Crippen molar-refractivity contribution in [2.75, 3.05) is 6.26 Å². The summed E-state index contributed by atoms with van der Waals surface area (Å²) in [5.74, 6) is -0.264. The summed E-state index contributed by atoms with van der Waals surface area (Å²) in [6.45, 7) is 0. The minimum atomic E-state index is -3.32. The third kappa shape index (κ3) is 3.16. The molecular weight excluding hydrogens is 268 g/mol. The molecule has 1 aromatic rings. The molecule has 0 bridgehead atoms. The SMILES string of the molecule is CS(=O)(=O)/C=C(\O)c1ccccc1Br. The first-order valence-electron chi connectivity index (χ1n) is 3.76. The first-order chi connectivity index (χ1) is 6.40. The van der Waals surface area contributed by atoms with Gasteiger partial charge in [0.05, 0.1) is 5.41 Å². The molecule has 3 nitrogen and oxygen atoms in total. The maximum Gasteiger partial charge on any atom is 0.172 e. The van der Waals surface area contributed by atoms with Crippen LogP contribution in [-0.2, 0) is 9.84 Å². The lowest BCUT2D eigenvalue weighted by Gasteiger charge is -2.01. The summed E-state index contributed by atoms with van der Waals surface area (Å²) in [7, 11) is -3.32. The second-order valence-corrected chi connectivity index (χ2v) is 5.56. The molecule has 76 valence electrons. The van der Waals surface area contributed by atoms with Crippen molar-refractivity contribution < 1.29 is 13.5 Å². The number of hydrogen-bond acceptors (Lipinski definition) is 3. The summed E-state index contributed by atoms with van der Waals surface area (Å²) in [5.41, 5.74) is 0.456. The van der Waals surface area contributed by atoms with Gasteiger partial charge in [0.15, 0.2) is 9.84 Å². The summed E-state index contributed by atoms with van der Waals surface area (Å²) in [5, 5.41) is 10.3. The van der Waals surface area contributed by atoms with Gasteiger partial charge in [0, 0.05) is 16.3 Å².